The molecule has 0 aliphatic carbocycles. The van der Waals surface area contributed by atoms with Crippen LogP contribution in [0.4, 0.5) is 5.69 Å². The van der Waals surface area contributed by atoms with Crippen LogP contribution in [0.15, 0.2) is 57.8 Å². The number of carbonyl (C=O) groups excluding carboxylic acids is 1. The van der Waals surface area contributed by atoms with Crippen LogP contribution >= 0.6 is 0 Å². The molecule has 0 saturated carbocycles. The van der Waals surface area contributed by atoms with Crippen LogP contribution in [0.3, 0.4) is 0 Å². The average molecular weight is 446 g/mol. The molecule has 9 heteroatoms. The molecule has 0 spiro atoms. The lowest BCUT2D eigenvalue weighted by Gasteiger charge is -2.12. The Bertz CT molecular complexity index is 1040. The quantitative estimate of drug-likeness (QED) is 0.596. The summed E-state index contributed by atoms with van der Waals surface area (Å²) in [6, 6.07) is 12.9. The number of amidine groups is 1. The Morgan fingerprint density at radius 3 is 2.55 bits per heavy atom. The Morgan fingerprint density at radius 2 is 1.87 bits per heavy atom. The lowest BCUT2D eigenvalue weighted by atomic mass is 10.2. The first-order valence-electron chi connectivity index (χ1n) is 10.2. The number of hydrogen-bond acceptors (Lipinski definition) is 5. The van der Waals surface area contributed by atoms with E-state index in [4.69, 9.17) is 9.47 Å². The zero-order valence-electron chi connectivity index (χ0n) is 17.7. The summed E-state index contributed by atoms with van der Waals surface area (Å²) in [6.07, 6.45) is 1.54. The van der Waals surface area contributed by atoms with Gasteiger partial charge in [-0.3, -0.25) is 4.79 Å². The van der Waals surface area contributed by atoms with Gasteiger partial charge in [-0.1, -0.05) is 12.1 Å². The van der Waals surface area contributed by atoms with E-state index >= 15 is 0 Å². The van der Waals surface area contributed by atoms with Gasteiger partial charge in [0.15, 0.2) is 0 Å². The minimum Gasteiger partial charge on any atom is -0.490 e. The molecule has 1 N–H and O–H groups in total. The third-order valence-corrected chi connectivity index (χ3v) is 6.11. The zero-order chi connectivity index (χ0) is 22.3. The molecule has 1 fully saturated rings. The lowest BCUT2D eigenvalue weighted by Crippen LogP contribution is -2.20. The van der Waals surface area contributed by atoms with Crippen LogP contribution in [0.1, 0.15) is 30.1 Å². The topological polar surface area (TPSA) is 97.3 Å². The maximum absolute atomic E-state index is 12.7. The molecular weight excluding hydrogens is 418 g/mol. The highest BCUT2D eigenvalue weighted by Gasteiger charge is 2.20. The monoisotopic (exact) mass is 445 g/mol. The van der Waals surface area contributed by atoms with Crippen LogP contribution in [0.5, 0.6) is 5.75 Å². The van der Waals surface area contributed by atoms with E-state index in [-0.39, 0.29) is 10.8 Å². The van der Waals surface area contributed by atoms with Crippen molar-refractivity contribution in [3.63, 3.8) is 0 Å². The Hall–Kier alpha value is -2.91. The van der Waals surface area contributed by atoms with E-state index in [0.29, 0.717) is 49.1 Å². The predicted molar refractivity (Wildman–Crippen MR) is 119 cm³/mol. The number of benzene rings is 2. The highest BCUT2D eigenvalue weighted by Crippen LogP contribution is 2.22. The minimum absolute atomic E-state index is 0.0814. The molecule has 1 aliphatic rings. The third kappa shape index (κ3) is 6.05. The molecule has 0 bridgehead atoms. The first-order valence-corrected chi connectivity index (χ1v) is 11.6. The molecule has 1 amide bonds. The van der Waals surface area contributed by atoms with E-state index in [2.05, 4.69) is 9.71 Å². The summed E-state index contributed by atoms with van der Waals surface area (Å²) in [5.41, 5.74) is 0.852. The maximum atomic E-state index is 12.7. The van der Waals surface area contributed by atoms with Crippen molar-refractivity contribution in [3.8, 4) is 5.75 Å². The second kappa shape index (κ2) is 10.4. The summed E-state index contributed by atoms with van der Waals surface area (Å²) in [6.45, 7) is 4.07. The minimum atomic E-state index is -3.79. The molecule has 1 aliphatic heterocycles. The van der Waals surface area contributed by atoms with Gasteiger partial charge in [0.25, 0.3) is 15.9 Å². The molecule has 3 rings (SSSR count). The van der Waals surface area contributed by atoms with Crippen LogP contribution < -0.4 is 10.1 Å². The molecule has 8 nitrogen and oxygen atoms in total. The van der Waals surface area contributed by atoms with E-state index < -0.39 is 10.0 Å². The van der Waals surface area contributed by atoms with Gasteiger partial charge < -0.3 is 19.7 Å². The number of hydrogen-bond donors (Lipinski definition) is 1. The molecule has 1 heterocycles. The second-order valence-electron chi connectivity index (χ2n) is 7.03. The van der Waals surface area contributed by atoms with E-state index in [1.807, 2.05) is 18.9 Å². The summed E-state index contributed by atoms with van der Waals surface area (Å²) in [4.78, 5) is 14.6. The van der Waals surface area contributed by atoms with E-state index in [1.54, 1.807) is 36.4 Å². The van der Waals surface area contributed by atoms with Gasteiger partial charge in [0.05, 0.1) is 17.1 Å². The van der Waals surface area contributed by atoms with Crippen molar-refractivity contribution in [2.24, 2.45) is 4.40 Å². The van der Waals surface area contributed by atoms with Gasteiger partial charge in [-0.25, -0.2) is 0 Å². The number of sulfonamides is 1. The van der Waals surface area contributed by atoms with Crippen molar-refractivity contribution < 1.29 is 22.7 Å². The van der Waals surface area contributed by atoms with E-state index in [9.17, 15) is 13.2 Å². The van der Waals surface area contributed by atoms with Crippen molar-refractivity contribution in [3.05, 3.63) is 54.1 Å². The second-order valence-corrected chi connectivity index (χ2v) is 8.63. The van der Waals surface area contributed by atoms with Gasteiger partial charge in [0.2, 0.25) is 0 Å². The normalized spacial score (nSPS) is 15.3. The Kier molecular flexibility index (Phi) is 7.64. The van der Waals surface area contributed by atoms with Crippen molar-refractivity contribution in [2.45, 2.75) is 24.7 Å². The molecule has 2 aromatic rings. The summed E-state index contributed by atoms with van der Waals surface area (Å²) in [5.74, 6) is 0.671. The SMILES string of the molecule is CCOCCOc1ccccc1C(=O)Nc1ccc(S(=O)(=O)/N=C2/CCCN2C)cc1. The van der Waals surface area contributed by atoms with Gasteiger partial charge in [0.1, 0.15) is 18.2 Å². The summed E-state index contributed by atoms with van der Waals surface area (Å²) in [5, 5.41) is 2.77. The third-order valence-electron chi connectivity index (χ3n) is 4.79. The number of nitrogens with zero attached hydrogens (tertiary/aromatic N) is 2. The fraction of sp³-hybridized carbons (Fsp3) is 0.364. The summed E-state index contributed by atoms with van der Waals surface area (Å²) in [7, 11) is -1.96. The Labute approximate surface area is 182 Å². The smallest absolute Gasteiger partial charge is 0.283 e. The summed E-state index contributed by atoms with van der Waals surface area (Å²) < 4.78 is 40.0. The van der Waals surface area contributed by atoms with Crippen LogP contribution in [0, 0.1) is 0 Å². The molecule has 0 atom stereocenters. The zero-order valence-corrected chi connectivity index (χ0v) is 18.5. The number of amides is 1. The highest BCUT2D eigenvalue weighted by atomic mass is 32.2. The number of likely N-dealkylation sites (tertiary alicyclic amines) is 1. The fourth-order valence-electron chi connectivity index (χ4n) is 3.14. The van der Waals surface area contributed by atoms with Crippen molar-refractivity contribution in [1.82, 2.24) is 4.90 Å². The van der Waals surface area contributed by atoms with Gasteiger partial charge in [-0.05, 0) is 49.7 Å². The van der Waals surface area contributed by atoms with Crippen LogP contribution in [-0.2, 0) is 14.8 Å². The Balaban J connectivity index is 1.68. The van der Waals surface area contributed by atoms with Gasteiger partial charge in [0, 0.05) is 32.3 Å². The molecule has 0 unspecified atom stereocenters. The molecule has 31 heavy (non-hydrogen) atoms. The lowest BCUT2D eigenvalue weighted by molar-refractivity contribution is 0.0998. The molecule has 2 aromatic carbocycles. The number of carbonyl (C=O) groups is 1. The average Bonchev–Trinajstić information content (AvgIpc) is 3.15. The van der Waals surface area contributed by atoms with Crippen LogP contribution in [-0.4, -0.2) is 58.5 Å². The number of nitrogens with one attached hydrogen (secondary N) is 1. The Morgan fingerprint density at radius 1 is 1.13 bits per heavy atom. The van der Waals surface area contributed by atoms with Gasteiger partial charge in [-0.2, -0.15) is 8.42 Å². The molecule has 166 valence electrons. The largest absolute Gasteiger partial charge is 0.490 e. The molecule has 0 radical (unpaired) electrons. The van der Waals surface area contributed by atoms with Crippen LogP contribution in [0.2, 0.25) is 0 Å². The number of anilines is 1. The van der Waals surface area contributed by atoms with E-state index in [0.717, 1.165) is 13.0 Å². The first kappa shape index (κ1) is 22.8. The van der Waals surface area contributed by atoms with E-state index in [1.165, 1.54) is 12.1 Å². The number of para-hydroxylation sites is 1. The maximum Gasteiger partial charge on any atom is 0.283 e. The summed E-state index contributed by atoms with van der Waals surface area (Å²) >= 11 is 0. The van der Waals surface area contributed by atoms with Gasteiger partial charge in [-0.15, -0.1) is 4.40 Å². The highest BCUT2D eigenvalue weighted by molar-refractivity contribution is 7.90. The molecule has 0 aromatic heterocycles. The van der Waals surface area contributed by atoms with Crippen molar-refractivity contribution in [1.29, 1.82) is 0 Å². The van der Waals surface area contributed by atoms with Crippen LogP contribution in [0.25, 0.3) is 0 Å². The molecule has 1 saturated heterocycles. The first-order chi connectivity index (χ1) is 14.9. The number of rotatable bonds is 9. The van der Waals surface area contributed by atoms with Crippen molar-refractivity contribution in [2.75, 3.05) is 38.7 Å². The predicted octanol–water partition coefficient (Wildman–Crippen LogP) is 3.17. The van der Waals surface area contributed by atoms with Crippen molar-refractivity contribution >= 4 is 27.5 Å². The molecular formula is C22H27N3O5S. The van der Waals surface area contributed by atoms with Gasteiger partial charge >= 0.3 is 0 Å². The number of ether oxygens (including phenoxy) is 2. The fourth-order valence-corrected chi connectivity index (χ4v) is 4.24. The standard InChI is InChI=1S/C22H27N3O5S/c1-3-29-15-16-30-20-8-5-4-7-19(20)22(26)23-17-10-12-18(13-11-17)31(27,28)24-21-9-6-14-25(21)2/h4-5,7-8,10-13H,3,6,9,14-16H2,1-2H3,(H,23,26)/b24-21-.